The fourth-order valence-corrected chi connectivity index (χ4v) is 1.07. The Balaban J connectivity index is 3.05. The van der Waals surface area contributed by atoms with Crippen molar-refractivity contribution in [1.29, 1.82) is 5.41 Å². The number of nitrogens with two attached hydrogens (primary N) is 1. The number of benzene rings is 1. The van der Waals surface area contributed by atoms with Crippen LogP contribution in [0.15, 0.2) is 30.3 Å². The molecule has 13 heavy (non-hydrogen) atoms. The van der Waals surface area contributed by atoms with Crippen molar-refractivity contribution in [2.75, 3.05) is 6.61 Å². The average molecular weight is 176 g/mol. The Bertz CT molecular complexity index is 331. The lowest BCUT2D eigenvalue weighted by Crippen LogP contribution is -2.12. The molecule has 0 aliphatic rings. The van der Waals surface area contributed by atoms with Crippen LogP contribution in [0, 0.1) is 5.41 Å². The first-order valence-corrected chi connectivity index (χ1v) is 3.96. The van der Waals surface area contributed by atoms with E-state index in [1.165, 1.54) is 0 Å². The molecule has 0 saturated carbocycles. The molecule has 3 nitrogen and oxygen atoms in total. The van der Waals surface area contributed by atoms with Gasteiger partial charge in [0.15, 0.2) is 0 Å². The molecule has 0 spiro atoms. The second kappa shape index (κ2) is 4.42. The Kier molecular flexibility index (Phi) is 3.23. The van der Waals surface area contributed by atoms with E-state index < -0.39 is 0 Å². The van der Waals surface area contributed by atoms with Gasteiger partial charge in [0.05, 0.1) is 6.61 Å². The molecule has 0 saturated heterocycles. The molecule has 0 fully saturated rings. The van der Waals surface area contributed by atoms with Gasteiger partial charge in [-0.3, -0.25) is 5.41 Å². The highest BCUT2D eigenvalue weighted by atomic mass is 16.2. The molecule has 1 aromatic carbocycles. The maximum atomic E-state index is 8.59. The Morgan fingerprint density at radius 2 is 2.15 bits per heavy atom. The summed E-state index contributed by atoms with van der Waals surface area (Å²) in [4.78, 5) is 0. The highest BCUT2D eigenvalue weighted by Gasteiger charge is 1.99. The number of aliphatic hydroxyl groups is 1. The van der Waals surface area contributed by atoms with Crippen LogP contribution < -0.4 is 5.73 Å². The van der Waals surface area contributed by atoms with Gasteiger partial charge in [-0.1, -0.05) is 36.4 Å². The molecule has 0 unspecified atom stereocenters. The zero-order chi connectivity index (χ0) is 9.68. The van der Waals surface area contributed by atoms with Crippen molar-refractivity contribution in [1.82, 2.24) is 0 Å². The van der Waals surface area contributed by atoms with Gasteiger partial charge in [-0.25, -0.2) is 0 Å². The van der Waals surface area contributed by atoms with Gasteiger partial charge in [0, 0.05) is 5.56 Å². The zero-order valence-corrected chi connectivity index (χ0v) is 7.20. The summed E-state index contributed by atoms with van der Waals surface area (Å²) in [6, 6.07) is 7.32. The van der Waals surface area contributed by atoms with E-state index in [0.717, 1.165) is 5.56 Å². The van der Waals surface area contributed by atoms with E-state index in [2.05, 4.69) is 0 Å². The maximum Gasteiger partial charge on any atom is 0.123 e. The van der Waals surface area contributed by atoms with Crippen LogP contribution in [-0.4, -0.2) is 17.5 Å². The standard InChI is InChI=1S/C10H12N2O/c11-10(12)9-6-2-1-4-8(9)5-3-7-13/h1-6,13H,7H2,(H3,11,12). The van der Waals surface area contributed by atoms with E-state index in [9.17, 15) is 0 Å². The number of hydrogen-bond acceptors (Lipinski definition) is 2. The van der Waals surface area contributed by atoms with Gasteiger partial charge in [0.25, 0.3) is 0 Å². The summed E-state index contributed by atoms with van der Waals surface area (Å²) in [5.41, 5.74) is 6.91. The molecule has 0 bridgehead atoms. The lowest BCUT2D eigenvalue weighted by Gasteiger charge is -2.02. The van der Waals surface area contributed by atoms with Gasteiger partial charge in [-0.15, -0.1) is 0 Å². The van der Waals surface area contributed by atoms with Crippen molar-refractivity contribution in [2.45, 2.75) is 0 Å². The number of rotatable bonds is 3. The van der Waals surface area contributed by atoms with Gasteiger partial charge < -0.3 is 10.8 Å². The van der Waals surface area contributed by atoms with Crippen LogP contribution >= 0.6 is 0 Å². The number of nitrogen functional groups attached to an aromatic ring is 1. The van der Waals surface area contributed by atoms with E-state index >= 15 is 0 Å². The summed E-state index contributed by atoms with van der Waals surface area (Å²) in [6.07, 6.45) is 3.36. The van der Waals surface area contributed by atoms with E-state index in [0.29, 0.717) is 5.56 Å². The number of aliphatic hydroxyl groups excluding tert-OH is 1. The number of hydrogen-bond donors (Lipinski definition) is 3. The third-order valence-electron chi connectivity index (χ3n) is 1.65. The molecule has 0 atom stereocenters. The molecule has 0 aliphatic heterocycles. The SMILES string of the molecule is N=C(N)c1ccccc1C=CCO. The van der Waals surface area contributed by atoms with Gasteiger partial charge in [-0.2, -0.15) is 0 Å². The van der Waals surface area contributed by atoms with Crippen LogP contribution in [0.3, 0.4) is 0 Å². The quantitative estimate of drug-likeness (QED) is 0.474. The van der Waals surface area contributed by atoms with Crippen molar-refractivity contribution in [3.05, 3.63) is 41.5 Å². The minimum Gasteiger partial charge on any atom is -0.392 e. The minimum atomic E-state index is -0.00770. The highest BCUT2D eigenvalue weighted by Crippen LogP contribution is 2.09. The molecule has 0 radical (unpaired) electrons. The van der Waals surface area contributed by atoms with Crippen molar-refractivity contribution >= 4 is 11.9 Å². The Hall–Kier alpha value is -1.61. The van der Waals surface area contributed by atoms with Crippen LogP contribution in [0.5, 0.6) is 0 Å². The topological polar surface area (TPSA) is 70.1 Å². The van der Waals surface area contributed by atoms with E-state index in [-0.39, 0.29) is 12.4 Å². The molecule has 0 aromatic heterocycles. The zero-order valence-electron chi connectivity index (χ0n) is 7.20. The van der Waals surface area contributed by atoms with Crippen molar-refractivity contribution in [3.63, 3.8) is 0 Å². The fourth-order valence-electron chi connectivity index (χ4n) is 1.07. The van der Waals surface area contributed by atoms with E-state index in [4.69, 9.17) is 16.2 Å². The van der Waals surface area contributed by atoms with Gasteiger partial charge in [0.2, 0.25) is 0 Å². The highest BCUT2D eigenvalue weighted by molar-refractivity contribution is 5.98. The second-order valence-corrected chi connectivity index (χ2v) is 2.59. The largest absolute Gasteiger partial charge is 0.392 e. The lowest BCUT2D eigenvalue weighted by molar-refractivity contribution is 0.343. The third kappa shape index (κ3) is 2.42. The molecule has 1 aromatic rings. The van der Waals surface area contributed by atoms with Crippen molar-refractivity contribution in [2.24, 2.45) is 5.73 Å². The summed E-state index contributed by atoms with van der Waals surface area (Å²) in [5, 5.41) is 15.9. The minimum absolute atomic E-state index is 0.00770. The summed E-state index contributed by atoms with van der Waals surface area (Å²) in [5.74, 6) is 0.0400. The molecule has 3 heteroatoms. The first kappa shape index (κ1) is 9.48. The van der Waals surface area contributed by atoms with Crippen molar-refractivity contribution in [3.8, 4) is 0 Å². The van der Waals surface area contributed by atoms with E-state index in [1.807, 2.05) is 18.2 Å². The predicted molar refractivity (Wildman–Crippen MR) is 53.6 cm³/mol. The third-order valence-corrected chi connectivity index (χ3v) is 1.65. The molecule has 0 aliphatic carbocycles. The van der Waals surface area contributed by atoms with Gasteiger partial charge >= 0.3 is 0 Å². The molecule has 0 heterocycles. The lowest BCUT2D eigenvalue weighted by atomic mass is 10.1. The summed E-state index contributed by atoms with van der Waals surface area (Å²) < 4.78 is 0. The summed E-state index contributed by atoms with van der Waals surface area (Å²) in [6.45, 7) is -0.00770. The maximum absolute atomic E-state index is 8.59. The Morgan fingerprint density at radius 3 is 2.77 bits per heavy atom. The van der Waals surface area contributed by atoms with Crippen LogP contribution in [-0.2, 0) is 0 Å². The molecule has 1 rings (SSSR count). The number of nitrogens with one attached hydrogen (secondary N) is 1. The monoisotopic (exact) mass is 176 g/mol. The Morgan fingerprint density at radius 1 is 1.46 bits per heavy atom. The first-order valence-electron chi connectivity index (χ1n) is 3.96. The molecule has 4 N–H and O–H groups in total. The molecular weight excluding hydrogens is 164 g/mol. The second-order valence-electron chi connectivity index (χ2n) is 2.59. The van der Waals surface area contributed by atoms with Crippen molar-refractivity contribution < 1.29 is 5.11 Å². The molecular formula is C10H12N2O. The van der Waals surface area contributed by atoms with Crippen LogP contribution in [0.1, 0.15) is 11.1 Å². The van der Waals surface area contributed by atoms with Gasteiger partial charge in [-0.05, 0) is 5.56 Å². The first-order chi connectivity index (χ1) is 6.25. The smallest absolute Gasteiger partial charge is 0.123 e. The van der Waals surface area contributed by atoms with Crippen LogP contribution in [0.25, 0.3) is 6.08 Å². The number of amidine groups is 1. The summed E-state index contributed by atoms with van der Waals surface area (Å²) in [7, 11) is 0. The fraction of sp³-hybridized carbons (Fsp3) is 0.100. The predicted octanol–water partition coefficient (Wildman–Crippen LogP) is 0.976. The normalized spacial score (nSPS) is 10.5. The Labute approximate surface area is 77.0 Å². The summed E-state index contributed by atoms with van der Waals surface area (Å²) >= 11 is 0. The molecule has 68 valence electrons. The van der Waals surface area contributed by atoms with Crippen LogP contribution in [0.4, 0.5) is 0 Å². The van der Waals surface area contributed by atoms with Crippen LogP contribution in [0.2, 0.25) is 0 Å². The molecule has 0 amide bonds. The van der Waals surface area contributed by atoms with Gasteiger partial charge in [0.1, 0.15) is 5.84 Å². The van der Waals surface area contributed by atoms with E-state index in [1.54, 1.807) is 18.2 Å². The average Bonchev–Trinajstić information content (AvgIpc) is 2.15.